The molecule has 0 bridgehead atoms. The second-order valence-corrected chi connectivity index (χ2v) is 15.8. The third-order valence-corrected chi connectivity index (χ3v) is 10.9. The van der Waals surface area contributed by atoms with Crippen LogP contribution in [0, 0.1) is 0 Å². The van der Waals surface area contributed by atoms with Gasteiger partial charge in [-0.2, -0.15) is 0 Å². The highest BCUT2D eigenvalue weighted by Gasteiger charge is 2.25. The fourth-order valence-corrected chi connectivity index (χ4v) is 7.73. The first kappa shape index (κ1) is 46.7. The summed E-state index contributed by atoms with van der Waals surface area (Å²) in [6.07, 6.45) is 40.1. The molecule has 1 aromatic carbocycles. The first-order valence-corrected chi connectivity index (χ1v) is 22.8. The average molecular weight is 739 g/mol. The van der Waals surface area contributed by atoms with Crippen LogP contribution in [0.15, 0.2) is 24.3 Å². The van der Waals surface area contributed by atoms with Gasteiger partial charge in [0.1, 0.15) is 0 Å². The molecule has 0 fully saturated rings. The van der Waals surface area contributed by atoms with Crippen molar-refractivity contribution in [2.24, 2.45) is 0 Å². The minimum atomic E-state index is -0.727. The third-order valence-electron chi connectivity index (χ3n) is 10.9. The Hall–Kier alpha value is -2.50. The maximum absolute atomic E-state index is 13.4. The van der Waals surface area contributed by atoms with Gasteiger partial charge in [0.05, 0.1) is 12.6 Å². The number of aromatic nitrogens is 1. The van der Waals surface area contributed by atoms with E-state index < -0.39 is 6.16 Å². The SMILES string of the molecule is CCCCCCCCCCCCCCCCCC(=O)NC(CCCCCCCCCCCCCCCCC)c1c(OC(=O)OCC)[nH]c2ccccc12. The van der Waals surface area contributed by atoms with Gasteiger partial charge in [-0.3, -0.25) is 4.79 Å². The summed E-state index contributed by atoms with van der Waals surface area (Å²) >= 11 is 0. The molecule has 1 atom stereocenters. The van der Waals surface area contributed by atoms with Crippen molar-refractivity contribution in [3.8, 4) is 5.88 Å². The molecule has 0 radical (unpaired) electrons. The van der Waals surface area contributed by atoms with Crippen LogP contribution >= 0.6 is 0 Å². The lowest BCUT2D eigenvalue weighted by Crippen LogP contribution is -2.29. The van der Waals surface area contributed by atoms with E-state index in [1.54, 1.807) is 6.92 Å². The number of unbranched alkanes of at least 4 members (excludes halogenated alkanes) is 28. The molecule has 2 aromatic rings. The number of hydrogen-bond acceptors (Lipinski definition) is 4. The molecule has 53 heavy (non-hydrogen) atoms. The van der Waals surface area contributed by atoms with Gasteiger partial charge in [0.25, 0.3) is 0 Å². The zero-order valence-electron chi connectivity index (χ0n) is 34.9. The largest absolute Gasteiger partial charge is 0.515 e. The number of aromatic amines is 1. The van der Waals surface area contributed by atoms with E-state index in [0.29, 0.717) is 12.3 Å². The number of carbonyl (C=O) groups excluding carboxylic acids is 2. The lowest BCUT2D eigenvalue weighted by atomic mass is 9.97. The van der Waals surface area contributed by atoms with Gasteiger partial charge in [-0.15, -0.1) is 0 Å². The molecule has 2 N–H and O–H groups in total. The maximum atomic E-state index is 13.4. The van der Waals surface area contributed by atoms with Crippen molar-refractivity contribution in [3.63, 3.8) is 0 Å². The zero-order chi connectivity index (χ0) is 38.0. The fraction of sp³-hybridized carbons (Fsp3) is 0.787. The Morgan fingerprint density at radius 1 is 0.566 bits per heavy atom. The lowest BCUT2D eigenvalue weighted by Gasteiger charge is -2.20. The van der Waals surface area contributed by atoms with E-state index in [1.165, 1.54) is 167 Å². The van der Waals surface area contributed by atoms with Crippen molar-refractivity contribution in [1.82, 2.24) is 10.3 Å². The molecule has 0 aliphatic heterocycles. The van der Waals surface area contributed by atoms with Gasteiger partial charge in [-0.05, 0) is 25.8 Å². The average Bonchev–Trinajstić information content (AvgIpc) is 3.51. The number of ether oxygens (including phenoxy) is 2. The van der Waals surface area contributed by atoms with Gasteiger partial charge in [-0.1, -0.05) is 218 Å². The summed E-state index contributed by atoms with van der Waals surface area (Å²) in [4.78, 5) is 29.1. The number of H-pyrrole nitrogens is 1. The van der Waals surface area contributed by atoms with Crippen LogP contribution in [-0.4, -0.2) is 23.7 Å². The Morgan fingerprint density at radius 3 is 1.43 bits per heavy atom. The van der Waals surface area contributed by atoms with Gasteiger partial charge in [0.2, 0.25) is 11.8 Å². The molecule has 0 aliphatic carbocycles. The maximum Gasteiger partial charge on any atom is 0.515 e. The molecule has 0 saturated carbocycles. The van der Waals surface area contributed by atoms with Crippen LogP contribution in [0.1, 0.15) is 238 Å². The minimum Gasteiger partial charge on any atom is -0.434 e. The van der Waals surface area contributed by atoms with Crippen LogP contribution in [0.2, 0.25) is 0 Å². The Bertz CT molecular complexity index is 1160. The Kier molecular flexibility index (Phi) is 29.0. The van der Waals surface area contributed by atoms with Crippen molar-refractivity contribution in [3.05, 3.63) is 29.8 Å². The number of hydrogen-bond donors (Lipinski definition) is 2. The van der Waals surface area contributed by atoms with Crippen molar-refractivity contribution >= 4 is 23.0 Å². The summed E-state index contributed by atoms with van der Waals surface area (Å²) in [5.41, 5.74) is 1.74. The fourth-order valence-electron chi connectivity index (χ4n) is 7.73. The van der Waals surface area contributed by atoms with E-state index in [0.717, 1.165) is 48.6 Å². The number of carbonyl (C=O) groups is 2. The lowest BCUT2D eigenvalue weighted by molar-refractivity contribution is -0.122. The Morgan fingerprint density at radius 2 is 0.981 bits per heavy atom. The summed E-state index contributed by atoms with van der Waals surface area (Å²) in [7, 11) is 0. The standard InChI is InChI=1S/C47H82N2O4/c1-4-7-9-11-13-15-17-19-21-23-25-27-29-31-33-39-43(45-41-37-35-36-38-42(41)49-46(45)53-47(51)52-6-3)48-44(50)40-34-32-30-28-26-24-22-20-18-16-14-12-10-8-5-2/h35-38,43,49H,4-34,39-40H2,1-3H3,(H,48,50). The molecule has 1 aromatic heterocycles. The van der Waals surface area contributed by atoms with Crippen molar-refractivity contribution in [2.45, 2.75) is 232 Å². The second kappa shape index (κ2) is 32.9. The van der Waals surface area contributed by atoms with E-state index in [4.69, 9.17) is 9.47 Å². The van der Waals surface area contributed by atoms with Crippen LogP contribution in [0.4, 0.5) is 4.79 Å². The number of rotatable bonds is 36. The Balaban J connectivity index is 1.76. The zero-order valence-corrected chi connectivity index (χ0v) is 34.9. The summed E-state index contributed by atoms with van der Waals surface area (Å²) in [6.45, 7) is 6.58. The molecule has 304 valence electrons. The summed E-state index contributed by atoms with van der Waals surface area (Å²) in [6, 6.07) is 7.76. The minimum absolute atomic E-state index is 0.0815. The number of benzene rings is 1. The van der Waals surface area contributed by atoms with Crippen molar-refractivity contribution in [2.75, 3.05) is 6.61 Å². The van der Waals surface area contributed by atoms with Crippen LogP contribution in [0.25, 0.3) is 10.9 Å². The number of para-hydroxylation sites is 1. The molecule has 1 amide bonds. The smallest absolute Gasteiger partial charge is 0.434 e. The van der Waals surface area contributed by atoms with E-state index in [-0.39, 0.29) is 18.6 Å². The molecular formula is C47H82N2O4. The van der Waals surface area contributed by atoms with Gasteiger partial charge in [0, 0.05) is 22.9 Å². The highest BCUT2D eigenvalue weighted by Crippen LogP contribution is 2.36. The molecule has 2 rings (SSSR count). The highest BCUT2D eigenvalue weighted by atomic mass is 16.7. The van der Waals surface area contributed by atoms with Crippen LogP contribution in [0.5, 0.6) is 5.88 Å². The van der Waals surface area contributed by atoms with Crippen LogP contribution in [0.3, 0.4) is 0 Å². The molecule has 0 saturated heterocycles. The summed E-state index contributed by atoms with van der Waals surface area (Å²) < 4.78 is 10.8. The molecule has 1 unspecified atom stereocenters. The monoisotopic (exact) mass is 739 g/mol. The van der Waals surface area contributed by atoms with E-state index >= 15 is 0 Å². The van der Waals surface area contributed by atoms with Gasteiger partial charge in [0.15, 0.2) is 0 Å². The number of amides is 1. The van der Waals surface area contributed by atoms with E-state index in [2.05, 4.69) is 24.1 Å². The first-order valence-electron chi connectivity index (χ1n) is 22.8. The Labute approximate surface area is 326 Å². The van der Waals surface area contributed by atoms with Gasteiger partial charge in [-0.25, -0.2) is 4.79 Å². The first-order chi connectivity index (χ1) is 26.1. The van der Waals surface area contributed by atoms with Gasteiger partial charge < -0.3 is 19.8 Å². The molecule has 6 heteroatoms. The molecule has 1 heterocycles. The molecule has 6 nitrogen and oxygen atoms in total. The molecule has 0 spiro atoms. The quantitative estimate of drug-likeness (QED) is 0.0539. The molecular weight excluding hydrogens is 657 g/mol. The van der Waals surface area contributed by atoms with E-state index in [1.807, 2.05) is 24.3 Å². The van der Waals surface area contributed by atoms with Crippen molar-refractivity contribution in [1.29, 1.82) is 0 Å². The van der Waals surface area contributed by atoms with Crippen LogP contribution in [-0.2, 0) is 9.53 Å². The predicted octanol–water partition coefficient (Wildman–Crippen LogP) is 15.4. The third kappa shape index (κ3) is 23.1. The molecule has 0 aliphatic rings. The van der Waals surface area contributed by atoms with Crippen LogP contribution < -0.4 is 10.1 Å². The topological polar surface area (TPSA) is 80.4 Å². The van der Waals surface area contributed by atoms with E-state index in [9.17, 15) is 9.59 Å². The summed E-state index contributed by atoms with van der Waals surface area (Å²) in [5, 5.41) is 4.34. The van der Waals surface area contributed by atoms with Gasteiger partial charge >= 0.3 is 6.16 Å². The summed E-state index contributed by atoms with van der Waals surface area (Å²) in [5.74, 6) is 0.459. The second-order valence-electron chi connectivity index (χ2n) is 15.8. The highest BCUT2D eigenvalue weighted by molar-refractivity contribution is 5.88. The van der Waals surface area contributed by atoms with Crippen molar-refractivity contribution < 1.29 is 19.1 Å². The predicted molar refractivity (Wildman–Crippen MR) is 226 cm³/mol. The normalized spacial score (nSPS) is 12.0. The number of nitrogens with one attached hydrogen (secondary N) is 2. The number of fused-ring (bicyclic) bond motifs is 1.